The first-order valence-corrected chi connectivity index (χ1v) is 38.9. The summed E-state index contributed by atoms with van der Waals surface area (Å²) in [4.78, 5) is 34.1. The summed E-state index contributed by atoms with van der Waals surface area (Å²) in [6, 6.07) is 0. The van der Waals surface area contributed by atoms with Gasteiger partial charge in [-0.2, -0.15) is 0 Å². The van der Waals surface area contributed by atoms with Crippen molar-refractivity contribution in [1.82, 2.24) is 0 Å². The summed E-state index contributed by atoms with van der Waals surface area (Å²) in [5.74, 6) is -0.388. The molecule has 21 heteroatoms. The molecule has 0 spiro atoms. The molecule has 1 saturated heterocycles. The monoisotopic (exact) mass is 1620 g/mol. The Balaban J connectivity index is -0.000000227. The summed E-state index contributed by atoms with van der Waals surface area (Å²) < 4.78 is 53.0. The minimum absolute atomic E-state index is 0. The Hall–Kier alpha value is 0.930. The van der Waals surface area contributed by atoms with Crippen LogP contribution in [0.2, 0.25) is 0 Å². The van der Waals surface area contributed by atoms with Crippen LogP contribution in [0.25, 0.3) is 0 Å². The standard InChI is InChI=1S/C19H36O5.C13H25BrO2.C8H16O3.C7H14Br2O.C7H15BrO2.C6H12O2.C4H8Br2.CH4/c1-7-23-16(20)18(3,4)12-9-10-14-22-15-11-13-19(5,6)17(21)24-8-2;14-9-4-5-10-15-11-6-12-16-13-7-2-1-3-8-13;9-5-3-7-11-8-4-1-2-6-10-8;2*8-4-1-2-6-10-7-3-5-9;1-4-8-6(7)5(2)3;5-3-1-2-4-6;/h7-15H2,1-6H3;13H,1-12H2;8-9H,1-7H2;1-7H2;9H,1-7H2;5H,4H2,1-3H3;1-4H2;1H4. The highest BCUT2D eigenvalue weighted by molar-refractivity contribution is 9.10. The highest BCUT2D eigenvalue weighted by Gasteiger charge is 2.29. The van der Waals surface area contributed by atoms with Gasteiger partial charge in [0.25, 0.3) is 0 Å². The lowest BCUT2D eigenvalue weighted by Crippen LogP contribution is -2.27. The largest absolute Gasteiger partial charge is 0.466 e. The molecule has 2 aliphatic rings. The van der Waals surface area contributed by atoms with Crippen LogP contribution < -0.4 is 0 Å². The van der Waals surface area contributed by atoms with E-state index in [2.05, 4.69) is 100 Å². The van der Waals surface area contributed by atoms with Crippen LogP contribution in [-0.4, -0.2) is 178 Å². The fourth-order valence-corrected chi connectivity index (χ4v) is 9.35. The molecule has 1 saturated carbocycles. The minimum Gasteiger partial charge on any atom is -0.466 e. The molecule has 1 aliphatic heterocycles. The molecule has 0 aromatic heterocycles. The third-order valence-electron chi connectivity index (χ3n) is 12.3. The number of ether oxygens (including phenoxy) is 10. The van der Waals surface area contributed by atoms with Crippen LogP contribution in [0.5, 0.6) is 0 Å². The zero-order valence-electron chi connectivity index (χ0n) is 54.9. The molecule has 1 unspecified atom stereocenters. The molecule has 0 aromatic rings. The number of alkyl halides is 6. The molecule has 1 heterocycles. The number of aliphatic hydroxyl groups is 2. The zero-order valence-corrected chi connectivity index (χ0v) is 64.5. The first-order valence-electron chi connectivity index (χ1n) is 32.2. The molecule has 1 aliphatic carbocycles. The van der Waals surface area contributed by atoms with Gasteiger partial charge < -0.3 is 57.6 Å². The van der Waals surface area contributed by atoms with E-state index in [4.69, 9.17) is 52.8 Å². The number of hydrogen-bond acceptors (Lipinski definition) is 15. The number of rotatable bonds is 45. The summed E-state index contributed by atoms with van der Waals surface area (Å²) in [6.45, 7) is 27.2. The van der Waals surface area contributed by atoms with E-state index in [0.717, 1.165) is 155 Å². The van der Waals surface area contributed by atoms with Crippen molar-refractivity contribution in [2.75, 3.05) is 138 Å². The third-order valence-corrected chi connectivity index (χ3v) is 15.7. The molecular formula is C65H130Br6O15. The highest BCUT2D eigenvalue weighted by atomic mass is 79.9. The van der Waals surface area contributed by atoms with E-state index in [1.54, 1.807) is 6.92 Å². The lowest BCUT2D eigenvalue weighted by Gasteiger charge is -2.22. The fraction of sp³-hybridized carbons (Fsp3) is 0.954. The smallest absolute Gasteiger partial charge is 0.311 e. The maximum atomic E-state index is 11.8. The first-order chi connectivity index (χ1) is 41.0. The van der Waals surface area contributed by atoms with E-state index in [9.17, 15) is 14.4 Å². The van der Waals surface area contributed by atoms with Gasteiger partial charge in [-0.05, 0) is 183 Å². The van der Waals surface area contributed by atoms with Crippen molar-refractivity contribution in [2.45, 2.75) is 243 Å². The quantitative estimate of drug-likeness (QED) is 0.0254. The summed E-state index contributed by atoms with van der Waals surface area (Å²) in [5, 5.41) is 23.4. The van der Waals surface area contributed by atoms with Gasteiger partial charge >= 0.3 is 17.9 Å². The topological polar surface area (TPSA) is 184 Å². The molecule has 2 rings (SSSR count). The average molecular weight is 1630 g/mol. The van der Waals surface area contributed by atoms with Gasteiger partial charge in [0, 0.05) is 111 Å². The lowest BCUT2D eigenvalue weighted by molar-refractivity contribution is -0.163. The summed E-state index contributed by atoms with van der Waals surface area (Å²) >= 11 is 20.1. The molecular weight excluding hydrogens is 1500 g/mol. The van der Waals surface area contributed by atoms with Gasteiger partial charge in [0.1, 0.15) is 0 Å². The second-order valence-electron chi connectivity index (χ2n) is 21.7. The third kappa shape index (κ3) is 79.2. The Morgan fingerprint density at radius 3 is 1.20 bits per heavy atom. The van der Waals surface area contributed by atoms with Crippen LogP contribution in [0.4, 0.5) is 0 Å². The molecule has 0 radical (unpaired) electrons. The molecule has 522 valence electrons. The molecule has 1 atom stereocenters. The highest BCUT2D eigenvalue weighted by Crippen LogP contribution is 2.26. The number of carbonyl (C=O) groups excluding carboxylic acids is 3. The number of esters is 3. The van der Waals surface area contributed by atoms with Crippen molar-refractivity contribution < 1.29 is 72.0 Å². The van der Waals surface area contributed by atoms with Crippen molar-refractivity contribution in [3.05, 3.63) is 0 Å². The Morgan fingerprint density at radius 2 is 0.802 bits per heavy atom. The molecule has 2 N–H and O–H groups in total. The number of carbonyl (C=O) groups is 3. The maximum absolute atomic E-state index is 11.8. The van der Waals surface area contributed by atoms with Gasteiger partial charge in [-0.3, -0.25) is 14.4 Å². The van der Waals surface area contributed by atoms with Crippen molar-refractivity contribution in [2.24, 2.45) is 16.7 Å². The molecule has 0 aromatic carbocycles. The van der Waals surface area contributed by atoms with Crippen molar-refractivity contribution in [3.63, 3.8) is 0 Å². The molecule has 0 amide bonds. The van der Waals surface area contributed by atoms with Crippen molar-refractivity contribution >= 4 is 113 Å². The molecule has 15 nitrogen and oxygen atoms in total. The molecule has 86 heavy (non-hydrogen) atoms. The zero-order chi connectivity index (χ0) is 64.8. The van der Waals surface area contributed by atoms with Gasteiger partial charge in [-0.25, -0.2) is 0 Å². The number of unbranched alkanes of at least 4 members (excludes halogenated alkanes) is 5. The van der Waals surface area contributed by atoms with E-state index < -0.39 is 10.8 Å². The van der Waals surface area contributed by atoms with E-state index in [1.165, 1.54) is 77.0 Å². The fourth-order valence-electron chi connectivity index (χ4n) is 7.13. The molecule has 0 bridgehead atoms. The van der Waals surface area contributed by atoms with E-state index >= 15 is 0 Å². The normalized spacial score (nSPS) is 13.8. The van der Waals surface area contributed by atoms with Gasteiger partial charge in [-0.15, -0.1) is 0 Å². The lowest BCUT2D eigenvalue weighted by atomic mass is 9.87. The van der Waals surface area contributed by atoms with Gasteiger partial charge in [-0.1, -0.05) is 143 Å². The second kappa shape index (κ2) is 80.2. The molecule has 2 fully saturated rings. The van der Waals surface area contributed by atoms with E-state index in [0.29, 0.717) is 58.8 Å². The SMILES string of the molecule is BrCCCCBr.BrCCCCOCCCBr.BrCCCCOCCCOC1CCCCC1.C.CCOC(=O)C(C)(C)CCCCOCCCC(C)(C)C(=O)OCC.CCOC(=O)C(C)C.OCCCOC1CCCCO1.OCCCOCCCCBr. The van der Waals surface area contributed by atoms with Crippen LogP contribution in [-0.2, 0) is 61.8 Å². The van der Waals surface area contributed by atoms with Crippen LogP contribution in [0.1, 0.15) is 230 Å². The van der Waals surface area contributed by atoms with Gasteiger partial charge in [0.05, 0.1) is 49.3 Å². The summed E-state index contributed by atoms with van der Waals surface area (Å²) in [6.07, 6.45) is 28.0. The second-order valence-corrected chi connectivity index (χ2v) is 26.5. The van der Waals surface area contributed by atoms with Crippen molar-refractivity contribution in [3.8, 4) is 0 Å². The summed E-state index contributed by atoms with van der Waals surface area (Å²) in [5.41, 5.74) is -0.886. The van der Waals surface area contributed by atoms with Gasteiger partial charge in [0.15, 0.2) is 6.29 Å². The minimum atomic E-state index is -0.455. The van der Waals surface area contributed by atoms with Crippen LogP contribution in [0.15, 0.2) is 0 Å². The van der Waals surface area contributed by atoms with Crippen LogP contribution in [0, 0.1) is 16.7 Å². The average Bonchev–Trinajstić information content (AvgIpc) is 3.68. The van der Waals surface area contributed by atoms with E-state index in [-0.39, 0.29) is 50.8 Å². The number of halogens is 6. The Morgan fingerprint density at radius 1 is 0.442 bits per heavy atom. The van der Waals surface area contributed by atoms with E-state index in [1.807, 2.05) is 55.4 Å². The Labute approximate surface area is 578 Å². The van der Waals surface area contributed by atoms with Crippen LogP contribution >= 0.6 is 95.6 Å². The van der Waals surface area contributed by atoms with Gasteiger partial charge in [0.2, 0.25) is 0 Å². The predicted molar refractivity (Wildman–Crippen MR) is 380 cm³/mol. The first kappa shape index (κ1) is 98.0. The Bertz CT molecular complexity index is 1250. The van der Waals surface area contributed by atoms with Crippen molar-refractivity contribution in [1.29, 1.82) is 0 Å². The van der Waals surface area contributed by atoms with Crippen LogP contribution in [0.3, 0.4) is 0 Å². The number of hydrogen-bond donors (Lipinski definition) is 2. The number of aliphatic hydroxyl groups excluding tert-OH is 2. The maximum Gasteiger partial charge on any atom is 0.311 e. The Kier molecular flexibility index (Phi) is 91.4. The predicted octanol–water partition coefficient (Wildman–Crippen LogP) is 17.9. The summed E-state index contributed by atoms with van der Waals surface area (Å²) in [7, 11) is 0.